The van der Waals surface area contributed by atoms with Gasteiger partial charge in [0.25, 0.3) is 0 Å². The molecule has 0 spiro atoms. The SMILES string of the molecule is CCCC[C@H](F)C(=O)OC1CCC(COc2ccc(OC(=O)c3ccc(OCC)c(F)c3F)cc2)CC1. The number of carbonyl (C=O) groups is 2. The summed E-state index contributed by atoms with van der Waals surface area (Å²) >= 11 is 0. The highest BCUT2D eigenvalue weighted by atomic mass is 19.2. The average molecular weight is 523 g/mol. The lowest BCUT2D eigenvalue weighted by Crippen LogP contribution is -2.30. The van der Waals surface area contributed by atoms with Crippen LogP contribution >= 0.6 is 0 Å². The standard InChI is InChI=1S/C28H33F3O6/c1-3-5-6-23(29)28(33)37-20-9-7-18(8-10-20)17-35-19-11-13-21(14-12-19)36-27(32)22-15-16-24(34-4-2)26(31)25(22)30/h11-16,18,20,23H,3-10,17H2,1-2H3/t18?,20?,23-/m0/s1. The first-order valence-corrected chi connectivity index (χ1v) is 12.7. The van der Waals surface area contributed by atoms with Gasteiger partial charge in [-0.25, -0.2) is 18.4 Å². The summed E-state index contributed by atoms with van der Waals surface area (Å²) in [5.74, 6) is -3.66. The molecule has 0 saturated heterocycles. The number of alkyl halides is 1. The molecule has 37 heavy (non-hydrogen) atoms. The van der Waals surface area contributed by atoms with E-state index in [0.29, 0.717) is 31.6 Å². The molecule has 3 rings (SSSR count). The average Bonchev–Trinajstić information content (AvgIpc) is 2.90. The minimum absolute atomic E-state index is 0.151. The first-order valence-electron chi connectivity index (χ1n) is 12.7. The number of carbonyl (C=O) groups excluding carboxylic acids is 2. The van der Waals surface area contributed by atoms with Crippen LogP contribution in [0.25, 0.3) is 0 Å². The van der Waals surface area contributed by atoms with Crippen molar-refractivity contribution in [3.63, 3.8) is 0 Å². The molecule has 2 aromatic carbocycles. The summed E-state index contributed by atoms with van der Waals surface area (Å²) < 4.78 is 63.4. The number of rotatable bonds is 12. The summed E-state index contributed by atoms with van der Waals surface area (Å²) in [4.78, 5) is 24.2. The molecule has 0 amide bonds. The molecule has 0 bridgehead atoms. The Balaban J connectivity index is 1.43. The largest absolute Gasteiger partial charge is 0.493 e. The molecule has 1 saturated carbocycles. The number of benzene rings is 2. The highest BCUT2D eigenvalue weighted by molar-refractivity contribution is 5.91. The van der Waals surface area contributed by atoms with Gasteiger partial charge in [-0.3, -0.25) is 0 Å². The predicted molar refractivity (Wildman–Crippen MR) is 131 cm³/mol. The van der Waals surface area contributed by atoms with Crippen LogP contribution in [0.5, 0.6) is 17.2 Å². The van der Waals surface area contributed by atoms with Gasteiger partial charge in [-0.05, 0) is 81.3 Å². The predicted octanol–water partition coefficient (Wildman–Crippen LogP) is 6.59. The van der Waals surface area contributed by atoms with Gasteiger partial charge in [0.2, 0.25) is 5.82 Å². The Morgan fingerprint density at radius 3 is 2.24 bits per heavy atom. The minimum Gasteiger partial charge on any atom is -0.493 e. The van der Waals surface area contributed by atoms with Crippen LogP contribution in [0.15, 0.2) is 36.4 Å². The van der Waals surface area contributed by atoms with Gasteiger partial charge < -0.3 is 18.9 Å². The fourth-order valence-electron chi connectivity index (χ4n) is 4.09. The number of ether oxygens (including phenoxy) is 4. The Morgan fingerprint density at radius 1 is 0.919 bits per heavy atom. The van der Waals surface area contributed by atoms with Gasteiger partial charge in [0.1, 0.15) is 17.6 Å². The summed E-state index contributed by atoms with van der Waals surface area (Å²) in [6.45, 7) is 4.19. The lowest BCUT2D eigenvalue weighted by molar-refractivity contribution is -0.157. The molecular weight excluding hydrogens is 489 g/mol. The maximum absolute atomic E-state index is 14.2. The molecule has 0 aromatic heterocycles. The van der Waals surface area contributed by atoms with Crippen molar-refractivity contribution in [2.75, 3.05) is 13.2 Å². The molecule has 0 aliphatic heterocycles. The topological polar surface area (TPSA) is 71.1 Å². The fraction of sp³-hybridized carbons (Fsp3) is 0.500. The highest BCUT2D eigenvalue weighted by Crippen LogP contribution is 2.29. The summed E-state index contributed by atoms with van der Waals surface area (Å²) in [5, 5.41) is 0. The van der Waals surface area contributed by atoms with Gasteiger partial charge in [-0.15, -0.1) is 0 Å². The van der Waals surface area contributed by atoms with Crippen LogP contribution < -0.4 is 14.2 Å². The lowest BCUT2D eigenvalue weighted by Gasteiger charge is -2.28. The van der Waals surface area contributed by atoms with Crippen molar-refractivity contribution in [1.82, 2.24) is 0 Å². The van der Waals surface area contributed by atoms with E-state index < -0.39 is 35.3 Å². The van der Waals surface area contributed by atoms with Crippen LogP contribution in [-0.4, -0.2) is 37.4 Å². The molecule has 0 heterocycles. The normalized spacial score (nSPS) is 18.1. The molecule has 1 atom stereocenters. The van der Waals surface area contributed by atoms with Crippen molar-refractivity contribution in [3.8, 4) is 17.2 Å². The lowest BCUT2D eigenvalue weighted by atomic mass is 9.88. The zero-order chi connectivity index (χ0) is 26.8. The van der Waals surface area contributed by atoms with Crippen LogP contribution in [0.1, 0.15) is 69.2 Å². The summed E-state index contributed by atoms with van der Waals surface area (Å²) in [6.07, 6.45) is 2.80. The molecule has 0 N–H and O–H groups in total. The second kappa shape index (κ2) is 13.9. The summed E-state index contributed by atoms with van der Waals surface area (Å²) in [7, 11) is 0. The zero-order valence-corrected chi connectivity index (χ0v) is 21.1. The Labute approximate surface area is 215 Å². The van der Waals surface area contributed by atoms with E-state index in [1.165, 1.54) is 18.2 Å². The maximum Gasteiger partial charge on any atom is 0.346 e. The zero-order valence-electron chi connectivity index (χ0n) is 21.1. The van der Waals surface area contributed by atoms with Crippen molar-refractivity contribution >= 4 is 11.9 Å². The third kappa shape index (κ3) is 8.13. The Hall–Kier alpha value is -3.23. The second-order valence-corrected chi connectivity index (χ2v) is 9.03. The maximum atomic E-state index is 14.2. The molecule has 0 radical (unpaired) electrons. The van der Waals surface area contributed by atoms with Gasteiger partial charge in [0.15, 0.2) is 17.7 Å². The van der Waals surface area contributed by atoms with Gasteiger partial charge in [0, 0.05) is 0 Å². The van der Waals surface area contributed by atoms with Crippen molar-refractivity contribution < 1.29 is 41.7 Å². The Morgan fingerprint density at radius 2 is 1.59 bits per heavy atom. The van der Waals surface area contributed by atoms with Crippen LogP contribution in [0, 0.1) is 17.6 Å². The third-order valence-electron chi connectivity index (χ3n) is 6.23. The van der Waals surface area contributed by atoms with Gasteiger partial charge >= 0.3 is 11.9 Å². The minimum atomic E-state index is -1.55. The number of unbranched alkanes of at least 4 members (excludes halogenated alkanes) is 1. The number of hydrogen-bond donors (Lipinski definition) is 0. The van der Waals surface area contributed by atoms with E-state index in [0.717, 1.165) is 25.3 Å². The van der Waals surface area contributed by atoms with E-state index in [9.17, 15) is 22.8 Å². The molecule has 0 unspecified atom stereocenters. The summed E-state index contributed by atoms with van der Waals surface area (Å²) in [6, 6.07) is 8.52. The monoisotopic (exact) mass is 522 g/mol. The number of halogens is 3. The van der Waals surface area contributed by atoms with E-state index in [2.05, 4.69) is 0 Å². The molecule has 2 aromatic rings. The molecule has 1 aliphatic rings. The van der Waals surface area contributed by atoms with Crippen LogP contribution in [0.2, 0.25) is 0 Å². The van der Waals surface area contributed by atoms with Crippen molar-refractivity contribution in [2.45, 2.75) is 71.1 Å². The van der Waals surface area contributed by atoms with E-state index in [1.807, 2.05) is 6.92 Å². The number of hydrogen-bond acceptors (Lipinski definition) is 6. The molecule has 1 aliphatic carbocycles. The molecule has 1 fully saturated rings. The van der Waals surface area contributed by atoms with Crippen molar-refractivity contribution in [1.29, 1.82) is 0 Å². The molecule has 9 heteroatoms. The third-order valence-corrected chi connectivity index (χ3v) is 6.23. The van der Waals surface area contributed by atoms with Gasteiger partial charge in [-0.2, -0.15) is 4.39 Å². The molecular formula is C28H33F3O6. The van der Waals surface area contributed by atoms with Crippen molar-refractivity contribution in [2.24, 2.45) is 5.92 Å². The summed E-state index contributed by atoms with van der Waals surface area (Å²) in [5.41, 5.74) is -0.537. The van der Waals surface area contributed by atoms with E-state index in [4.69, 9.17) is 18.9 Å². The smallest absolute Gasteiger partial charge is 0.346 e. The molecule has 202 valence electrons. The number of esters is 2. The van der Waals surface area contributed by atoms with Crippen molar-refractivity contribution in [3.05, 3.63) is 53.6 Å². The highest BCUT2D eigenvalue weighted by Gasteiger charge is 2.27. The first-order chi connectivity index (χ1) is 17.8. The first kappa shape index (κ1) is 28.3. The second-order valence-electron chi connectivity index (χ2n) is 9.03. The van der Waals surface area contributed by atoms with Gasteiger partial charge in [-0.1, -0.05) is 19.8 Å². The van der Waals surface area contributed by atoms with E-state index in [-0.39, 0.29) is 36.5 Å². The Bertz CT molecular complexity index is 1030. The Kier molecular flexibility index (Phi) is 10.7. The van der Waals surface area contributed by atoms with Crippen LogP contribution in [0.3, 0.4) is 0 Å². The van der Waals surface area contributed by atoms with E-state index >= 15 is 0 Å². The van der Waals surface area contributed by atoms with Crippen LogP contribution in [-0.2, 0) is 9.53 Å². The van der Waals surface area contributed by atoms with E-state index in [1.54, 1.807) is 19.1 Å². The van der Waals surface area contributed by atoms with Gasteiger partial charge in [0.05, 0.1) is 18.8 Å². The fourth-order valence-corrected chi connectivity index (χ4v) is 4.09. The van der Waals surface area contributed by atoms with Crippen LogP contribution in [0.4, 0.5) is 13.2 Å². The quantitative estimate of drug-likeness (QED) is 0.231. The molecule has 6 nitrogen and oxygen atoms in total.